The van der Waals surface area contributed by atoms with Crippen molar-refractivity contribution in [1.82, 2.24) is 0 Å². The number of rotatable bonds is 7. The van der Waals surface area contributed by atoms with E-state index in [1.807, 2.05) is 24.3 Å². The highest BCUT2D eigenvalue weighted by Crippen LogP contribution is 2.32. The van der Waals surface area contributed by atoms with Crippen LogP contribution in [0.1, 0.15) is 31.2 Å². The SMILES string of the molecule is O=C(O)CCCC(=O)Nc1ccc(S(=O)(=O)N2CCCc3ccccc32)cc1. The predicted octanol–water partition coefficient (Wildman–Crippen LogP) is 3.02. The van der Waals surface area contributed by atoms with Crippen LogP contribution in [-0.4, -0.2) is 31.9 Å². The van der Waals surface area contributed by atoms with Gasteiger partial charge in [-0.3, -0.25) is 13.9 Å². The van der Waals surface area contributed by atoms with Crippen LogP contribution in [0, 0.1) is 0 Å². The smallest absolute Gasteiger partial charge is 0.303 e. The van der Waals surface area contributed by atoms with Crippen LogP contribution in [0.25, 0.3) is 0 Å². The van der Waals surface area contributed by atoms with E-state index in [2.05, 4.69) is 5.32 Å². The molecule has 0 bridgehead atoms. The number of anilines is 2. The molecule has 0 spiro atoms. The van der Waals surface area contributed by atoms with Crippen LogP contribution in [0.15, 0.2) is 53.4 Å². The van der Waals surface area contributed by atoms with Gasteiger partial charge in [0.2, 0.25) is 5.91 Å². The van der Waals surface area contributed by atoms with Crippen LogP contribution >= 0.6 is 0 Å². The monoisotopic (exact) mass is 402 g/mol. The van der Waals surface area contributed by atoms with Crippen LogP contribution in [0.4, 0.5) is 11.4 Å². The Morgan fingerprint density at radius 3 is 2.46 bits per heavy atom. The zero-order valence-corrected chi connectivity index (χ0v) is 16.1. The van der Waals surface area contributed by atoms with Crippen LogP contribution in [-0.2, 0) is 26.0 Å². The van der Waals surface area contributed by atoms with Gasteiger partial charge in [-0.05, 0) is 55.2 Å². The number of aryl methyl sites for hydroxylation is 1. The summed E-state index contributed by atoms with van der Waals surface area (Å²) in [6.45, 7) is 0.432. The van der Waals surface area contributed by atoms with Crippen LogP contribution in [0.3, 0.4) is 0 Å². The average molecular weight is 402 g/mol. The van der Waals surface area contributed by atoms with Gasteiger partial charge in [-0.15, -0.1) is 0 Å². The van der Waals surface area contributed by atoms with Crippen molar-refractivity contribution < 1.29 is 23.1 Å². The lowest BCUT2D eigenvalue weighted by Crippen LogP contribution is -2.35. The molecule has 1 aliphatic heterocycles. The Morgan fingerprint density at radius 1 is 1.04 bits per heavy atom. The van der Waals surface area contributed by atoms with E-state index >= 15 is 0 Å². The number of nitrogens with zero attached hydrogens (tertiary/aromatic N) is 1. The van der Waals surface area contributed by atoms with E-state index in [4.69, 9.17) is 5.11 Å². The molecule has 8 heteroatoms. The van der Waals surface area contributed by atoms with Gasteiger partial charge >= 0.3 is 5.97 Å². The van der Waals surface area contributed by atoms with Crippen LogP contribution in [0.2, 0.25) is 0 Å². The summed E-state index contributed by atoms with van der Waals surface area (Å²) in [5.74, 6) is -1.25. The number of sulfonamides is 1. The molecule has 0 unspecified atom stereocenters. The zero-order chi connectivity index (χ0) is 20.1. The van der Waals surface area contributed by atoms with Gasteiger partial charge < -0.3 is 10.4 Å². The third-order valence-corrected chi connectivity index (χ3v) is 6.42. The topological polar surface area (TPSA) is 104 Å². The maximum Gasteiger partial charge on any atom is 0.303 e. The third kappa shape index (κ3) is 4.51. The number of nitrogens with one attached hydrogen (secondary N) is 1. The maximum absolute atomic E-state index is 13.1. The summed E-state index contributed by atoms with van der Waals surface area (Å²) < 4.78 is 27.6. The highest BCUT2D eigenvalue weighted by molar-refractivity contribution is 7.92. The zero-order valence-electron chi connectivity index (χ0n) is 15.3. The largest absolute Gasteiger partial charge is 0.481 e. The molecular weight excluding hydrogens is 380 g/mol. The molecule has 1 heterocycles. The van der Waals surface area contributed by atoms with Gasteiger partial charge in [0.1, 0.15) is 0 Å². The number of carboxylic acids is 1. The molecule has 1 amide bonds. The quantitative estimate of drug-likeness (QED) is 0.741. The van der Waals surface area contributed by atoms with Crippen molar-refractivity contribution >= 4 is 33.3 Å². The third-order valence-electron chi connectivity index (χ3n) is 4.59. The average Bonchev–Trinajstić information content (AvgIpc) is 2.67. The Bertz CT molecular complexity index is 970. The first-order valence-corrected chi connectivity index (χ1v) is 10.5. The molecule has 3 rings (SSSR count). The lowest BCUT2D eigenvalue weighted by atomic mass is 10.0. The number of hydrogen-bond donors (Lipinski definition) is 2. The van der Waals surface area contributed by atoms with Gasteiger partial charge in [0.15, 0.2) is 0 Å². The molecule has 0 saturated carbocycles. The highest BCUT2D eigenvalue weighted by Gasteiger charge is 2.28. The van der Waals surface area contributed by atoms with E-state index in [9.17, 15) is 18.0 Å². The van der Waals surface area contributed by atoms with Crippen molar-refractivity contribution in [3.05, 3.63) is 54.1 Å². The number of carbonyl (C=O) groups is 2. The molecule has 0 radical (unpaired) electrons. The first-order chi connectivity index (χ1) is 13.4. The standard InChI is InChI=1S/C20H22N2O5S/c23-19(8-3-9-20(24)25)21-16-10-12-17(13-11-16)28(26,27)22-14-4-6-15-5-1-2-7-18(15)22/h1-2,5,7,10-13H,3-4,6,8-9,14H2,(H,21,23)(H,24,25). The Labute approximate surface area is 164 Å². The van der Waals surface area contributed by atoms with E-state index in [0.29, 0.717) is 17.9 Å². The normalized spacial score (nSPS) is 13.6. The van der Waals surface area contributed by atoms with Crippen molar-refractivity contribution in [2.45, 2.75) is 37.0 Å². The molecule has 28 heavy (non-hydrogen) atoms. The lowest BCUT2D eigenvalue weighted by molar-refractivity contribution is -0.137. The molecule has 148 valence electrons. The minimum atomic E-state index is -3.69. The van der Waals surface area contributed by atoms with Crippen molar-refractivity contribution in [1.29, 1.82) is 0 Å². The highest BCUT2D eigenvalue weighted by atomic mass is 32.2. The Hall–Kier alpha value is -2.87. The molecule has 0 fully saturated rings. The molecule has 0 saturated heterocycles. The molecule has 0 atom stereocenters. The van der Waals surface area contributed by atoms with Gasteiger partial charge in [0, 0.05) is 25.1 Å². The Morgan fingerprint density at radius 2 is 1.75 bits per heavy atom. The number of benzene rings is 2. The summed E-state index contributed by atoms with van der Waals surface area (Å²) in [7, 11) is -3.69. The Balaban J connectivity index is 1.71. The molecule has 1 aliphatic rings. The van der Waals surface area contributed by atoms with Gasteiger partial charge in [0.05, 0.1) is 10.6 Å². The summed E-state index contributed by atoms with van der Waals surface area (Å²) >= 11 is 0. The van der Waals surface area contributed by atoms with E-state index in [0.717, 1.165) is 18.4 Å². The molecule has 2 aromatic rings. The summed E-state index contributed by atoms with van der Waals surface area (Å²) in [5.41, 5.74) is 2.20. The number of carboxylic acid groups (broad SMARTS) is 1. The second-order valence-corrected chi connectivity index (χ2v) is 8.49. The molecule has 2 N–H and O–H groups in total. The minimum Gasteiger partial charge on any atom is -0.481 e. The molecule has 7 nitrogen and oxygen atoms in total. The second-order valence-electron chi connectivity index (χ2n) is 6.63. The van der Waals surface area contributed by atoms with Crippen molar-refractivity contribution in [3.8, 4) is 0 Å². The van der Waals surface area contributed by atoms with Gasteiger partial charge in [-0.1, -0.05) is 18.2 Å². The molecule has 0 aromatic heterocycles. The summed E-state index contributed by atoms with van der Waals surface area (Å²) in [6.07, 6.45) is 1.90. The summed E-state index contributed by atoms with van der Waals surface area (Å²) in [5, 5.41) is 11.2. The summed E-state index contributed by atoms with van der Waals surface area (Å²) in [4.78, 5) is 22.5. The Kier molecular flexibility index (Phi) is 5.99. The lowest BCUT2D eigenvalue weighted by Gasteiger charge is -2.30. The first-order valence-electron chi connectivity index (χ1n) is 9.10. The van der Waals surface area contributed by atoms with E-state index in [-0.39, 0.29) is 30.1 Å². The van der Waals surface area contributed by atoms with Gasteiger partial charge in [0.25, 0.3) is 10.0 Å². The first kappa shape index (κ1) is 19.9. The van der Waals surface area contributed by atoms with Gasteiger partial charge in [-0.2, -0.15) is 0 Å². The second kappa shape index (κ2) is 8.43. The van der Waals surface area contributed by atoms with Crippen LogP contribution < -0.4 is 9.62 Å². The van der Waals surface area contributed by atoms with Gasteiger partial charge in [-0.25, -0.2) is 8.42 Å². The molecular formula is C20H22N2O5S. The number of carbonyl (C=O) groups excluding carboxylic acids is 1. The minimum absolute atomic E-state index is 0.0675. The number of amides is 1. The fourth-order valence-corrected chi connectivity index (χ4v) is 4.75. The van der Waals surface area contributed by atoms with Crippen LogP contribution in [0.5, 0.6) is 0 Å². The number of fused-ring (bicyclic) bond motifs is 1. The molecule has 0 aliphatic carbocycles. The number of hydrogen-bond acceptors (Lipinski definition) is 4. The van der Waals surface area contributed by atoms with Crippen molar-refractivity contribution in [3.63, 3.8) is 0 Å². The predicted molar refractivity (Wildman–Crippen MR) is 106 cm³/mol. The molecule has 2 aromatic carbocycles. The van der Waals surface area contributed by atoms with Crippen molar-refractivity contribution in [2.24, 2.45) is 0 Å². The summed E-state index contributed by atoms with van der Waals surface area (Å²) in [6, 6.07) is 13.5. The van der Waals surface area contributed by atoms with E-state index in [1.54, 1.807) is 0 Å². The van der Waals surface area contributed by atoms with E-state index < -0.39 is 16.0 Å². The fraction of sp³-hybridized carbons (Fsp3) is 0.300. The number of aliphatic carboxylic acids is 1. The maximum atomic E-state index is 13.1. The fourth-order valence-electron chi connectivity index (χ4n) is 3.21. The van der Waals surface area contributed by atoms with Crippen molar-refractivity contribution in [2.75, 3.05) is 16.2 Å². The van der Waals surface area contributed by atoms with E-state index in [1.165, 1.54) is 28.6 Å². The number of para-hydroxylation sites is 1.